The molecule has 0 amide bonds. The average molecular weight is 274 g/mol. The van der Waals surface area contributed by atoms with Crippen LogP contribution >= 0.6 is 11.8 Å². The maximum absolute atomic E-state index is 11.7. The van der Waals surface area contributed by atoms with Gasteiger partial charge in [0.05, 0.1) is 18.0 Å². The highest BCUT2D eigenvalue weighted by Crippen LogP contribution is 2.42. The van der Waals surface area contributed by atoms with Gasteiger partial charge in [0.2, 0.25) is 0 Å². The molecule has 0 bridgehead atoms. The van der Waals surface area contributed by atoms with E-state index in [2.05, 4.69) is 4.98 Å². The summed E-state index contributed by atoms with van der Waals surface area (Å²) >= 11 is 1.24. The highest BCUT2D eigenvalue weighted by atomic mass is 32.2. The maximum Gasteiger partial charge on any atom is 0.329 e. The molecule has 1 aliphatic heterocycles. The zero-order valence-corrected chi connectivity index (χ0v) is 10.5. The van der Waals surface area contributed by atoms with E-state index in [0.29, 0.717) is 0 Å². The molecular weight excluding hydrogens is 260 g/mol. The van der Waals surface area contributed by atoms with Crippen LogP contribution < -0.4 is 11.2 Å². The first-order chi connectivity index (χ1) is 8.58. The lowest BCUT2D eigenvalue weighted by Crippen LogP contribution is -2.38. The number of hydrogen-bond donors (Lipinski definition) is 3. The van der Waals surface area contributed by atoms with Crippen LogP contribution in [-0.2, 0) is 4.74 Å². The van der Waals surface area contributed by atoms with E-state index in [1.165, 1.54) is 35.7 Å². The van der Waals surface area contributed by atoms with Crippen molar-refractivity contribution in [3.63, 3.8) is 0 Å². The molecule has 0 unspecified atom stereocenters. The van der Waals surface area contributed by atoms with Gasteiger partial charge in [-0.2, -0.15) is 0 Å². The van der Waals surface area contributed by atoms with Gasteiger partial charge >= 0.3 is 5.69 Å². The van der Waals surface area contributed by atoms with Crippen molar-refractivity contribution in [1.82, 2.24) is 9.55 Å². The molecule has 0 aromatic carbocycles. The minimum Gasteiger partial charge on any atom is -0.395 e. The second kappa shape index (κ2) is 5.27. The first-order valence-corrected chi connectivity index (χ1v) is 6.31. The number of hydrogen-bond acceptors (Lipinski definition) is 6. The third-order valence-corrected chi connectivity index (χ3v) is 4.44. The first-order valence-electron chi connectivity index (χ1n) is 5.37. The van der Waals surface area contributed by atoms with Crippen molar-refractivity contribution in [2.45, 2.75) is 22.8 Å². The third-order valence-electron chi connectivity index (χ3n) is 2.89. The molecule has 1 aliphatic rings. The molecule has 0 aliphatic carbocycles. The topological polar surface area (TPSA) is 105 Å². The number of ether oxygens (including phenoxy) is 1. The van der Waals surface area contributed by atoms with Gasteiger partial charge in [0.15, 0.2) is 0 Å². The number of nitrogens with one attached hydrogen (secondary N) is 1. The summed E-state index contributed by atoms with van der Waals surface area (Å²) in [5, 5.41) is 18.2. The van der Waals surface area contributed by atoms with Gasteiger partial charge < -0.3 is 14.9 Å². The summed E-state index contributed by atoms with van der Waals surface area (Å²) in [5.74, 6) is 0. The summed E-state index contributed by atoms with van der Waals surface area (Å²) in [6, 6.07) is 1.23. The minimum atomic E-state index is -0.867. The number of H-pyrrole nitrogens is 1. The lowest BCUT2D eigenvalue weighted by Gasteiger charge is -2.21. The van der Waals surface area contributed by atoms with E-state index >= 15 is 0 Å². The quantitative estimate of drug-likeness (QED) is 0.621. The molecule has 1 fully saturated rings. The zero-order valence-electron chi connectivity index (χ0n) is 9.65. The summed E-state index contributed by atoms with van der Waals surface area (Å²) < 4.78 is 6.46. The highest BCUT2D eigenvalue weighted by molar-refractivity contribution is 8.00. The van der Waals surface area contributed by atoms with Crippen molar-refractivity contribution in [3.05, 3.63) is 33.1 Å². The predicted octanol–water partition coefficient (Wildman–Crippen LogP) is -1.48. The number of aromatic nitrogens is 2. The summed E-state index contributed by atoms with van der Waals surface area (Å²) in [6.45, 7) is -0.208. The fourth-order valence-corrected chi connectivity index (χ4v) is 3.46. The van der Waals surface area contributed by atoms with Gasteiger partial charge in [0.25, 0.3) is 5.56 Å². The van der Waals surface area contributed by atoms with Crippen LogP contribution in [0.25, 0.3) is 0 Å². The molecular formula is C10H14N2O5S. The number of rotatable bonds is 3. The van der Waals surface area contributed by atoms with E-state index in [1.807, 2.05) is 0 Å². The predicted molar refractivity (Wildman–Crippen MR) is 65.6 cm³/mol. The summed E-state index contributed by atoms with van der Waals surface area (Å²) in [5.41, 5.74) is -1.04. The molecule has 2 heterocycles. The molecule has 8 heteroatoms. The van der Waals surface area contributed by atoms with E-state index in [9.17, 15) is 14.7 Å². The lowest BCUT2D eigenvalue weighted by molar-refractivity contribution is -0.0189. The fraction of sp³-hybridized carbons (Fsp3) is 0.600. The normalized spacial score (nSPS) is 31.7. The smallest absolute Gasteiger partial charge is 0.329 e. The van der Waals surface area contributed by atoms with E-state index < -0.39 is 34.1 Å². The Morgan fingerprint density at radius 1 is 1.56 bits per heavy atom. The molecule has 3 N–H and O–H groups in total. The summed E-state index contributed by atoms with van der Waals surface area (Å²) in [6.07, 6.45) is -0.123. The van der Waals surface area contributed by atoms with Gasteiger partial charge in [-0.05, 0) is 0 Å². The first kappa shape index (κ1) is 13.3. The molecule has 1 saturated heterocycles. The molecule has 100 valence electrons. The molecule has 7 nitrogen and oxygen atoms in total. The minimum absolute atomic E-state index is 0.208. The molecule has 0 radical (unpaired) electrons. The second-order valence-electron chi connectivity index (χ2n) is 3.96. The number of aliphatic hydroxyl groups is 2. The van der Waals surface area contributed by atoms with Crippen molar-refractivity contribution in [3.8, 4) is 0 Å². The Balaban J connectivity index is 2.38. The van der Waals surface area contributed by atoms with Crippen molar-refractivity contribution in [1.29, 1.82) is 0 Å². The van der Waals surface area contributed by atoms with Gasteiger partial charge in [0.1, 0.15) is 11.5 Å². The van der Waals surface area contributed by atoms with Gasteiger partial charge in [-0.3, -0.25) is 14.3 Å². The number of methoxy groups -OCH3 is 1. The van der Waals surface area contributed by atoms with Crippen molar-refractivity contribution < 1.29 is 14.9 Å². The third kappa shape index (κ3) is 2.24. The number of aliphatic hydroxyl groups excluding tert-OH is 2. The van der Waals surface area contributed by atoms with Crippen LogP contribution in [0.4, 0.5) is 0 Å². The Morgan fingerprint density at radius 3 is 2.83 bits per heavy atom. The van der Waals surface area contributed by atoms with Crippen LogP contribution in [0.3, 0.4) is 0 Å². The Kier molecular flexibility index (Phi) is 3.91. The van der Waals surface area contributed by atoms with Crippen molar-refractivity contribution >= 4 is 11.8 Å². The monoisotopic (exact) mass is 274 g/mol. The highest BCUT2D eigenvalue weighted by Gasteiger charge is 2.44. The van der Waals surface area contributed by atoms with Crippen LogP contribution in [0.5, 0.6) is 0 Å². The SMILES string of the molecule is CO[C@@H]1[C@H](O)[C@@H](CO)S[C@H]1n1ccc(=O)[nH]c1=O. The Hall–Kier alpha value is -1.09. The van der Waals surface area contributed by atoms with Gasteiger partial charge in [-0.25, -0.2) is 4.79 Å². The Labute approximate surface area is 106 Å². The maximum atomic E-state index is 11.7. The molecule has 18 heavy (non-hydrogen) atoms. The fourth-order valence-electron chi connectivity index (χ4n) is 1.98. The standard InChI is InChI=1S/C10H14N2O5S/c1-17-8-7(15)5(4-13)18-9(8)12-3-2-6(14)11-10(12)16/h2-3,5,7-9,13,15H,4H2,1H3,(H,11,14,16)/t5-,7-,8-,9-/m1/s1. The Morgan fingerprint density at radius 2 is 2.28 bits per heavy atom. The second-order valence-corrected chi connectivity index (χ2v) is 5.32. The zero-order chi connectivity index (χ0) is 13.3. The molecule has 4 atom stereocenters. The van der Waals surface area contributed by atoms with E-state index in [-0.39, 0.29) is 6.61 Å². The van der Waals surface area contributed by atoms with Gasteiger partial charge in [-0.1, -0.05) is 0 Å². The number of nitrogens with zero attached hydrogens (tertiary/aromatic N) is 1. The van der Waals surface area contributed by atoms with E-state index in [4.69, 9.17) is 9.84 Å². The number of thioether (sulfide) groups is 1. The van der Waals surface area contributed by atoms with Crippen molar-refractivity contribution in [2.24, 2.45) is 0 Å². The Bertz CT molecular complexity index is 527. The van der Waals surface area contributed by atoms with Crippen LogP contribution in [0.2, 0.25) is 0 Å². The van der Waals surface area contributed by atoms with Crippen LogP contribution in [0, 0.1) is 0 Å². The van der Waals surface area contributed by atoms with Crippen LogP contribution in [0.15, 0.2) is 21.9 Å². The van der Waals surface area contributed by atoms with Crippen LogP contribution in [-0.4, -0.2) is 50.9 Å². The number of aromatic amines is 1. The van der Waals surface area contributed by atoms with Crippen LogP contribution in [0.1, 0.15) is 5.37 Å². The van der Waals surface area contributed by atoms with E-state index in [1.54, 1.807) is 0 Å². The van der Waals surface area contributed by atoms with Gasteiger partial charge in [-0.15, -0.1) is 11.8 Å². The molecule has 1 aromatic rings. The van der Waals surface area contributed by atoms with Gasteiger partial charge in [0, 0.05) is 19.4 Å². The van der Waals surface area contributed by atoms with Crippen molar-refractivity contribution in [2.75, 3.05) is 13.7 Å². The molecule has 2 rings (SSSR count). The molecule has 1 aromatic heterocycles. The summed E-state index contributed by atoms with van der Waals surface area (Å²) in [7, 11) is 1.43. The molecule has 0 saturated carbocycles. The summed E-state index contributed by atoms with van der Waals surface area (Å²) in [4.78, 5) is 24.8. The lowest BCUT2D eigenvalue weighted by atomic mass is 10.1. The molecule has 0 spiro atoms. The van der Waals surface area contributed by atoms with E-state index in [0.717, 1.165) is 0 Å². The largest absolute Gasteiger partial charge is 0.395 e. The average Bonchev–Trinajstić information content (AvgIpc) is 2.65.